The lowest BCUT2D eigenvalue weighted by molar-refractivity contribution is 0.411. The van der Waals surface area contributed by atoms with Gasteiger partial charge in [-0.2, -0.15) is 16.7 Å². The summed E-state index contributed by atoms with van der Waals surface area (Å²) in [4.78, 5) is 6.96. The number of nitrogens with one attached hydrogen (secondary N) is 1. The van der Waals surface area contributed by atoms with E-state index in [1.165, 1.54) is 31.4 Å². The zero-order valence-corrected chi connectivity index (χ0v) is 11.5. The maximum atomic E-state index is 5.72. The fourth-order valence-electron chi connectivity index (χ4n) is 2.71. The molecule has 5 nitrogen and oxygen atoms in total. The molecule has 3 heterocycles. The van der Waals surface area contributed by atoms with E-state index >= 15 is 0 Å². The molecule has 3 rings (SSSR count). The first-order chi connectivity index (χ1) is 8.86. The molecule has 1 aromatic heterocycles. The first-order valence-electron chi connectivity index (χ1n) is 6.85. The summed E-state index contributed by atoms with van der Waals surface area (Å²) in [6.07, 6.45) is 4.86. The number of nitrogens with two attached hydrogens (primary N) is 1. The van der Waals surface area contributed by atoms with Gasteiger partial charge in [-0.05, 0) is 43.9 Å². The van der Waals surface area contributed by atoms with Gasteiger partial charge in [0.2, 0.25) is 5.95 Å². The number of rotatable bonds is 3. The van der Waals surface area contributed by atoms with E-state index < -0.39 is 0 Å². The van der Waals surface area contributed by atoms with Gasteiger partial charge in [-0.15, -0.1) is 5.10 Å². The van der Waals surface area contributed by atoms with Gasteiger partial charge >= 0.3 is 0 Å². The molecule has 2 aliphatic heterocycles. The summed E-state index contributed by atoms with van der Waals surface area (Å²) < 4.78 is 0. The van der Waals surface area contributed by atoms with Crippen molar-refractivity contribution < 1.29 is 0 Å². The van der Waals surface area contributed by atoms with Crippen molar-refractivity contribution in [3.8, 4) is 0 Å². The van der Waals surface area contributed by atoms with Crippen molar-refractivity contribution >= 4 is 17.7 Å². The second-order valence-electron chi connectivity index (χ2n) is 5.19. The Morgan fingerprint density at radius 1 is 1.33 bits per heavy atom. The highest BCUT2D eigenvalue weighted by Gasteiger charge is 2.24. The van der Waals surface area contributed by atoms with E-state index in [0.717, 1.165) is 31.4 Å². The molecule has 0 saturated carbocycles. The van der Waals surface area contributed by atoms with Crippen LogP contribution in [0.25, 0.3) is 0 Å². The molecule has 100 valence electrons. The Labute approximate surface area is 112 Å². The third-order valence-corrected chi connectivity index (χ3v) is 5.34. The molecular weight excluding hydrogens is 246 g/mol. The van der Waals surface area contributed by atoms with Crippen molar-refractivity contribution in [1.29, 1.82) is 0 Å². The van der Waals surface area contributed by atoms with Gasteiger partial charge in [0.25, 0.3) is 0 Å². The van der Waals surface area contributed by atoms with Crippen molar-refractivity contribution in [3.05, 3.63) is 5.82 Å². The second kappa shape index (κ2) is 5.48. The van der Waals surface area contributed by atoms with E-state index in [1.54, 1.807) is 0 Å². The van der Waals surface area contributed by atoms with Crippen LogP contribution >= 0.6 is 11.8 Å². The molecule has 0 spiro atoms. The van der Waals surface area contributed by atoms with Crippen LogP contribution in [0, 0.1) is 5.92 Å². The van der Waals surface area contributed by atoms with Crippen LogP contribution < -0.4 is 10.6 Å². The van der Waals surface area contributed by atoms with Crippen LogP contribution in [0.4, 0.5) is 5.95 Å². The lowest BCUT2D eigenvalue weighted by Crippen LogP contribution is -2.36. The number of anilines is 1. The predicted molar refractivity (Wildman–Crippen MR) is 74.8 cm³/mol. The van der Waals surface area contributed by atoms with Crippen molar-refractivity contribution in [2.45, 2.75) is 30.9 Å². The van der Waals surface area contributed by atoms with E-state index in [0.29, 0.717) is 11.2 Å². The van der Waals surface area contributed by atoms with Crippen molar-refractivity contribution in [2.24, 2.45) is 11.7 Å². The maximum Gasteiger partial charge on any atom is 0.244 e. The highest BCUT2D eigenvalue weighted by atomic mass is 32.2. The van der Waals surface area contributed by atoms with Gasteiger partial charge in [0.05, 0.1) is 5.25 Å². The Bertz CT molecular complexity index is 380. The van der Waals surface area contributed by atoms with Crippen molar-refractivity contribution in [1.82, 2.24) is 15.2 Å². The van der Waals surface area contributed by atoms with Gasteiger partial charge in [0.1, 0.15) is 5.82 Å². The van der Waals surface area contributed by atoms with E-state index in [9.17, 15) is 0 Å². The summed E-state index contributed by atoms with van der Waals surface area (Å²) in [7, 11) is 0. The average Bonchev–Trinajstić information content (AvgIpc) is 3.09. The number of hydrogen-bond donors (Lipinski definition) is 2. The van der Waals surface area contributed by atoms with E-state index in [-0.39, 0.29) is 0 Å². The maximum absolute atomic E-state index is 5.72. The van der Waals surface area contributed by atoms with Gasteiger partial charge in [-0.25, -0.2) is 0 Å². The fraction of sp³-hybridized carbons (Fsp3) is 0.833. The van der Waals surface area contributed by atoms with Crippen LogP contribution in [0.5, 0.6) is 0 Å². The zero-order chi connectivity index (χ0) is 12.4. The van der Waals surface area contributed by atoms with Gasteiger partial charge in [0, 0.05) is 13.1 Å². The number of hydrogen-bond acceptors (Lipinski definition) is 5. The van der Waals surface area contributed by atoms with E-state index in [4.69, 9.17) is 5.73 Å². The number of aromatic amines is 1. The molecule has 0 bridgehead atoms. The lowest BCUT2D eigenvalue weighted by Gasteiger charge is -2.30. The zero-order valence-electron chi connectivity index (χ0n) is 10.6. The Hall–Kier alpha value is -0.750. The molecule has 2 fully saturated rings. The normalized spacial score (nSPS) is 25.8. The minimum atomic E-state index is 0.535. The Balaban J connectivity index is 1.62. The SMILES string of the molecule is NCC1CCN(c2n[nH]c(C3CCCS3)n2)CC1. The molecule has 2 aliphatic rings. The Morgan fingerprint density at radius 3 is 2.83 bits per heavy atom. The summed E-state index contributed by atoms with van der Waals surface area (Å²) in [5, 5.41) is 8.04. The van der Waals surface area contributed by atoms with Crippen LogP contribution in [-0.4, -0.2) is 40.6 Å². The molecule has 1 atom stereocenters. The molecule has 0 aromatic carbocycles. The molecule has 2 saturated heterocycles. The van der Waals surface area contributed by atoms with Crippen LogP contribution in [0.15, 0.2) is 0 Å². The number of piperidine rings is 1. The van der Waals surface area contributed by atoms with Crippen molar-refractivity contribution in [2.75, 3.05) is 30.3 Å². The third kappa shape index (κ3) is 2.49. The molecule has 0 amide bonds. The monoisotopic (exact) mass is 267 g/mol. The smallest absolute Gasteiger partial charge is 0.244 e. The minimum absolute atomic E-state index is 0.535. The van der Waals surface area contributed by atoms with Crippen molar-refractivity contribution in [3.63, 3.8) is 0 Å². The van der Waals surface area contributed by atoms with Crippen LogP contribution in [0.1, 0.15) is 36.8 Å². The third-order valence-electron chi connectivity index (χ3n) is 3.96. The molecule has 0 aliphatic carbocycles. The summed E-state index contributed by atoms with van der Waals surface area (Å²) >= 11 is 1.99. The van der Waals surface area contributed by atoms with Gasteiger partial charge < -0.3 is 10.6 Å². The summed E-state index contributed by atoms with van der Waals surface area (Å²) in [5.41, 5.74) is 5.72. The lowest BCUT2D eigenvalue weighted by atomic mass is 9.97. The molecular formula is C12H21N5S. The summed E-state index contributed by atoms with van der Waals surface area (Å²) in [6, 6.07) is 0. The molecule has 1 unspecified atom stereocenters. The highest BCUT2D eigenvalue weighted by Crippen LogP contribution is 2.38. The van der Waals surface area contributed by atoms with Gasteiger partial charge in [0.15, 0.2) is 0 Å². The van der Waals surface area contributed by atoms with Crippen LogP contribution in [0.3, 0.4) is 0 Å². The summed E-state index contributed by atoms with van der Waals surface area (Å²) in [6.45, 7) is 2.89. The second-order valence-corrected chi connectivity index (χ2v) is 6.50. The van der Waals surface area contributed by atoms with E-state index in [2.05, 4.69) is 20.1 Å². The van der Waals surface area contributed by atoms with Crippen LogP contribution in [-0.2, 0) is 0 Å². The van der Waals surface area contributed by atoms with Crippen LogP contribution in [0.2, 0.25) is 0 Å². The minimum Gasteiger partial charge on any atom is -0.340 e. The largest absolute Gasteiger partial charge is 0.340 e. The standard InChI is InChI=1S/C12H21N5S/c13-8-9-3-5-17(6-4-9)12-14-11(15-16-12)10-2-1-7-18-10/h9-10H,1-8,13H2,(H,14,15,16). The average molecular weight is 267 g/mol. The number of H-pyrrole nitrogens is 1. The number of aromatic nitrogens is 3. The molecule has 3 N–H and O–H groups in total. The number of nitrogens with zero attached hydrogens (tertiary/aromatic N) is 3. The first-order valence-corrected chi connectivity index (χ1v) is 7.90. The number of thioether (sulfide) groups is 1. The van der Waals surface area contributed by atoms with Gasteiger partial charge in [-0.3, -0.25) is 5.10 Å². The molecule has 6 heteroatoms. The molecule has 0 radical (unpaired) electrons. The van der Waals surface area contributed by atoms with Gasteiger partial charge in [-0.1, -0.05) is 0 Å². The van der Waals surface area contributed by atoms with E-state index in [1.807, 2.05) is 11.8 Å². The Kier molecular flexibility index (Phi) is 3.75. The topological polar surface area (TPSA) is 70.8 Å². The molecule has 18 heavy (non-hydrogen) atoms. The highest BCUT2D eigenvalue weighted by molar-refractivity contribution is 7.99. The quantitative estimate of drug-likeness (QED) is 0.869. The first kappa shape index (κ1) is 12.3. The predicted octanol–water partition coefficient (Wildman–Crippen LogP) is 1.55. The fourth-order valence-corrected chi connectivity index (χ4v) is 3.93. The summed E-state index contributed by atoms with van der Waals surface area (Å²) in [5.74, 6) is 3.88. The molecule has 1 aromatic rings. The Morgan fingerprint density at radius 2 is 2.17 bits per heavy atom.